The topological polar surface area (TPSA) is 37.3 Å². The Labute approximate surface area is 182 Å². The van der Waals surface area contributed by atoms with Crippen LogP contribution < -0.4 is 0 Å². The molecule has 3 heteroatoms. The zero-order valence-electron chi connectivity index (χ0n) is 19.2. The van der Waals surface area contributed by atoms with Crippen molar-refractivity contribution < 1.29 is 9.90 Å². The second-order valence-electron chi connectivity index (χ2n) is 8.85. The highest BCUT2D eigenvalue weighted by Crippen LogP contribution is 2.30. The molecule has 168 valence electrons. The number of thiol groups is 1. The maximum absolute atomic E-state index is 11.7. The summed E-state index contributed by atoms with van der Waals surface area (Å²) < 4.78 is -0.804. The summed E-state index contributed by atoms with van der Waals surface area (Å²) in [5, 5.41) is 9.62. The molecule has 0 saturated carbocycles. The number of aliphatic carboxylic acids is 1. The number of hydrogen-bond donors (Lipinski definition) is 2. The van der Waals surface area contributed by atoms with Crippen LogP contribution in [0.4, 0.5) is 0 Å². The smallest absolute Gasteiger partial charge is 0.319 e. The molecule has 0 aliphatic heterocycles. The Morgan fingerprint density at radius 1 is 0.571 bits per heavy atom. The lowest BCUT2D eigenvalue weighted by atomic mass is 9.93. The van der Waals surface area contributed by atoms with Crippen molar-refractivity contribution in [1.82, 2.24) is 0 Å². The summed E-state index contributed by atoms with van der Waals surface area (Å²) in [6.45, 7) is 4.51. The molecule has 0 radical (unpaired) electrons. The van der Waals surface area contributed by atoms with Crippen LogP contribution in [0.2, 0.25) is 0 Å². The molecule has 0 aliphatic carbocycles. The Morgan fingerprint density at radius 2 is 0.821 bits per heavy atom. The molecular weight excluding hydrogens is 364 g/mol. The lowest BCUT2D eigenvalue weighted by molar-refractivity contribution is -0.140. The minimum Gasteiger partial charge on any atom is -0.480 e. The summed E-state index contributed by atoms with van der Waals surface area (Å²) in [6.07, 6.45) is 25.7. The first-order chi connectivity index (χ1) is 13.6. The fourth-order valence-corrected chi connectivity index (χ4v) is 4.29. The highest BCUT2D eigenvalue weighted by molar-refractivity contribution is 7.82. The first-order valence-corrected chi connectivity index (χ1v) is 13.0. The van der Waals surface area contributed by atoms with Gasteiger partial charge in [0, 0.05) is 0 Å². The highest BCUT2D eigenvalue weighted by atomic mass is 32.1. The summed E-state index contributed by atoms with van der Waals surface area (Å²) >= 11 is 4.59. The van der Waals surface area contributed by atoms with Crippen LogP contribution in [0, 0.1) is 0 Å². The summed E-state index contributed by atoms with van der Waals surface area (Å²) in [4.78, 5) is 11.7. The van der Waals surface area contributed by atoms with Gasteiger partial charge >= 0.3 is 5.97 Å². The number of carboxylic acid groups (broad SMARTS) is 1. The molecule has 0 aromatic rings. The molecular formula is C25H50O2S. The van der Waals surface area contributed by atoms with E-state index in [2.05, 4.69) is 26.5 Å². The Kier molecular flexibility index (Phi) is 20.0. The standard InChI is InChI=1S/C25H50O2S/c1-3-5-7-9-11-13-15-17-19-21-23-25(28,24(26)27)22-20-18-16-14-12-10-8-6-4-2/h28H,3-23H2,1-2H3,(H,26,27). The molecule has 0 bridgehead atoms. The van der Waals surface area contributed by atoms with Crippen LogP contribution >= 0.6 is 12.6 Å². The van der Waals surface area contributed by atoms with Crippen molar-refractivity contribution in [2.75, 3.05) is 0 Å². The number of rotatable bonds is 22. The largest absolute Gasteiger partial charge is 0.480 e. The van der Waals surface area contributed by atoms with Crippen LogP contribution in [-0.4, -0.2) is 15.8 Å². The van der Waals surface area contributed by atoms with E-state index in [0.29, 0.717) is 0 Å². The summed E-state index contributed by atoms with van der Waals surface area (Å²) in [6, 6.07) is 0. The second-order valence-corrected chi connectivity index (χ2v) is 9.70. The molecule has 0 fully saturated rings. The van der Waals surface area contributed by atoms with E-state index >= 15 is 0 Å². The van der Waals surface area contributed by atoms with Gasteiger partial charge in [0.15, 0.2) is 0 Å². The zero-order chi connectivity index (χ0) is 20.9. The molecule has 1 atom stereocenters. The van der Waals surface area contributed by atoms with E-state index in [-0.39, 0.29) is 0 Å². The number of hydrogen-bond acceptors (Lipinski definition) is 2. The molecule has 28 heavy (non-hydrogen) atoms. The maximum Gasteiger partial charge on any atom is 0.319 e. The highest BCUT2D eigenvalue weighted by Gasteiger charge is 2.32. The molecule has 0 aliphatic rings. The average Bonchev–Trinajstić information content (AvgIpc) is 2.68. The van der Waals surface area contributed by atoms with Gasteiger partial charge in [-0.05, 0) is 12.8 Å². The van der Waals surface area contributed by atoms with Crippen LogP contribution in [0.15, 0.2) is 0 Å². The molecule has 0 spiro atoms. The molecule has 2 nitrogen and oxygen atoms in total. The fraction of sp³-hybridized carbons (Fsp3) is 0.960. The zero-order valence-corrected chi connectivity index (χ0v) is 20.0. The van der Waals surface area contributed by atoms with Gasteiger partial charge in [0.1, 0.15) is 4.75 Å². The lowest BCUT2D eigenvalue weighted by Gasteiger charge is -2.23. The molecule has 0 saturated heterocycles. The maximum atomic E-state index is 11.7. The first kappa shape index (κ1) is 27.8. The van der Waals surface area contributed by atoms with Crippen molar-refractivity contribution in [1.29, 1.82) is 0 Å². The molecule has 1 N–H and O–H groups in total. The molecule has 0 aromatic heterocycles. The van der Waals surface area contributed by atoms with E-state index in [1.807, 2.05) is 0 Å². The van der Waals surface area contributed by atoms with E-state index in [1.165, 1.54) is 96.3 Å². The van der Waals surface area contributed by atoms with Gasteiger partial charge in [-0.15, -0.1) is 0 Å². The summed E-state index contributed by atoms with van der Waals surface area (Å²) in [5.74, 6) is -0.716. The van der Waals surface area contributed by atoms with Crippen LogP contribution in [0.1, 0.15) is 149 Å². The van der Waals surface area contributed by atoms with E-state index in [0.717, 1.165) is 38.5 Å². The number of unbranched alkanes of at least 4 members (excludes halogenated alkanes) is 17. The predicted molar refractivity (Wildman–Crippen MR) is 128 cm³/mol. The van der Waals surface area contributed by atoms with Crippen molar-refractivity contribution in [2.45, 2.75) is 153 Å². The SMILES string of the molecule is CCCCCCCCCCCCC(S)(CCCCCCCCCCC)C(=O)O. The minimum absolute atomic E-state index is 0.716. The molecule has 1 unspecified atom stereocenters. The third-order valence-corrected chi connectivity index (χ3v) is 6.67. The van der Waals surface area contributed by atoms with Crippen molar-refractivity contribution in [3.05, 3.63) is 0 Å². The molecule has 0 rings (SSSR count). The van der Waals surface area contributed by atoms with Crippen LogP contribution in [0.5, 0.6) is 0 Å². The summed E-state index contributed by atoms with van der Waals surface area (Å²) in [7, 11) is 0. The van der Waals surface area contributed by atoms with Crippen LogP contribution in [0.25, 0.3) is 0 Å². The lowest BCUT2D eigenvalue weighted by Crippen LogP contribution is -2.32. The summed E-state index contributed by atoms with van der Waals surface area (Å²) in [5.41, 5.74) is 0. The second kappa shape index (κ2) is 20.1. The Hall–Kier alpha value is -0.180. The van der Waals surface area contributed by atoms with Crippen molar-refractivity contribution >= 4 is 18.6 Å². The van der Waals surface area contributed by atoms with E-state index in [4.69, 9.17) is 0 Å². The molecule has 0 aromatic carbocycles. The van der Waals surface area contributed by atoms with Gasteiger partial charge in [0.2, 0.25) is 0 Å². The van der Waals surface area contributed by atoms with E-state index < -0.39 is 10.7 Å². The number of carbonyl (C=O) groups is 1. The predicted octanol–water partition coefficient (Wildman–Crippen LogP) is 8.97. The van der Waals surface area contributed by atoms with Gasteiger partial charge in [0.25, 0.3) is 0 Å². The van der Waals surface area contributed by atoms with Gasteiger partial charge in [-0.25, -0.2) is 0 Å². The average molecular weight is 415 g/mol. The monoisotopic (exact) mass is 414 g/mol. The van der Waals surface area contributed by atoms with E-state index in [9.17, 15) is 9.90 Å². The van der Waals surface area contributed by atoms with Gasteiger partial charge in [-0.2, -0.15) is 12.6 Å². The van der Waals surface area contributed by atoms with E-state index in [1.54, 1.807) is 0 Å². The molecule has 0 amide bonds. The molecule has 0 heterocycles. The van der Waals surface area contributed by atoms with Crippen molar-refractivity contribution in [2.24, 2.45) is 0 Å². The third-order valence-electron chi connectivity index (χ3n) is 6.04. The van der Waals surface area contributed by atoms with Crippen molar-refractivity contribution in [3.63, 3.8) is 0 Å². The Morgan fingerprint density at radius 3 is 1.07 bits per heavy atom. The van der Waals surface area contributed by atoms with Gasteiger partial charge in [-0.1, -0.05) is 136 Å². The number of carboxylic acids is 1. The quantitative estimate of drug-likeness (QED) is 0.137. The van der Waals surface area contributed by atoms with Gasteiger partial charge in [0.05, 0.1) is 0 Å². The minimum atomic E-state index is -0.804. The van der Waals surface area contributed by atoms with Gasteiger partial charge < -0.3 is 5.11 Å². The van der Waals surface area contributed by atoms with Crippen LogP contribution in [-0.2, 0) is 4.79 Å². The van der Waals surface area contributed by atoms with Crippen molar-refractivity contribution in [3.8, 4) is 0 Å². The Bertz CT molecular complexity index is 345. The van der Waals surface area contributed by atoms with Gasteiger partial charge in [-0.3, -0.25) is 4.79 Å². The first-order valence-electron chi connectivity index (χ1n) is 12.5. The third kappa shape index (κ3) is 16.7. The Balaban J connectivity index is 3.67. The van der Waals surface area contributed by atoms with Crippen LogP contribution in [0.3, 0.4) is 0 Å². The fourth-order valence-electron chi connectivity index (χ4n) is 3.97. The normalized spacial score (nSPS) is 13.5.